The SMILES string of the molecule is CC1(C)Oc2ccc(S(=O)(=O)c3ccccc3)cc2[C@@H](OC(=N)c2ccc(Cl)cc2O)[C@@H]1O. The third-order valence-corrected chi connectivity index (χ3v) is 7.48. The number of halogens is 1. The van der Waals surface area contributed by atoms with E-state index in [1.165, 1.54) is 48.5 Å². The van der Waals surface area contributed by atoms with Gasteiger partial charge in [-0.25, -0.2) is 8.42 Å². The molecule has 0 fully saturated rings. The second-order valence-electron chi connectivity index (χ2n) is 8.20. The van der Waals surface area contributed by atoms with E-state index in [2.05, 4.69) is 0 Å². The van der Waals surface area contributed by atoms with E-state index in [0.29, 0.717) is 5.75 Å². The maximum absolute atomic E-state index is 13.1. The molecule has 2 atom stereocenters. The number of rotatable bonds is 4. The summed E-state index contributed by atoms with van der Waals surface area (Å²) in [7, 11) is -3.84. The van der Waals surface area contributed by atoms with Gasteiger partial charge >= 0.3 is 0 Å². The molecule has 7 nitrogen and oxygen atoms in total. The summed E-state index contributed by atoms with van der Waals surface area (Å²) < 4.78 is 37.9. The molecule has 1 heterocycles. The van der Waals surface area contributed by atoms with Gasteiger partial charge in [0, 0.05) is 10.6 Å². The number of nitrogens with one attached hydrogen (secondary N) is 1. The number of fused-ring (bicyclic) bond motifs is 1. The zero-order valence-electron chi connectivity index (χ0n) is 17.8. The maximum Gasteiger partial charge on any atom is 0.217 e. The number of phenolic OH excluding ortho intramolecular Hbond substituents is 1. The summed E-state index contributed by atoms with van der Waals surface area (Å²) >= 11 is 5.87. The number of hydrogen-bond acceptors (Lipinski definition) is 7. The highest BCUT2D eigenvalue weighted by Crippen LogP contribution is 2.43. The molecule has 4 rings (SSSR count). The molecule has 1 aliphatic rings. The molecule has 172 valence electrons. The van der Waals surface area contributed by atoms with Crippen LogP contribution in [0.3, 0.4) is 0 Å². The number of sulfone groups is 1. The standard InChI is InChI=1S/C24H22ClNO6S/c1-24(2)22(28)21(31-23(26)17-10-8-14(25)12-19(17)27)18-13-16(9-11-20(18)32-24)33(29,30)15-6-4-3-5-7-15/h3-13,21-22,26-28H,1-2H3/t21-,22+/m1/s1. The summed E-state index contributed by atoms with van der Waals surface area (Å²) in [6.07, 6.45) is -2.37. The van der Waals surface area contributed by atoms with Crippen LogP contribution in [0.25, 0.3) is 0 Å². The van der Waals surface area contributed by atoms with Crippen LogP contribution in [0, 0.1) is 5.41 Å². The average Bonchev–Trinajstić information content (AvgIpc) is 2.77. The Morgan fingerprint density at radius 3 is 2.42 bits per heavy atom. The monoisotopic (exact) mass is 487 g/mol. The number of aliphatic hydroxyl groups is 1. The van der Waals surface area contributed by atoms with E-state index in [4.69, 9.17) is 26.5 Å². The summed E-state index contributed by atoms with van der Waals surface area (Å²) in [5.74, 6) is -0.336. The zero-order valence-corrected chi connectivity index (χ0v) is 19.4. The molecule has 1 aliphatic heterocycles. The Hall–Kier alpha value is -3.07. The predicted molar refractivity (Wildman–Crippen MR) is 123 cm³/mol. The first kappa shape index (κ1) is 23.1. The number of hydrogen-bond donors (Lipinski definition) is 3. The normalized spacial score (nSPS) is 19.3. The van der Waals surface area contributed by atoms with Gasteiger partial charge in [0.15, 0.2) is 6.10 Å². The Balaban J connectivity index is 1.77. The van der Waals surface area contributed by atoms with E-state index in [1.807, 2.05) is 0 Å². The molecule has 0 saturated carbocycles. The fourth-order valence-corrected chi connectivity index (χ4v) is 5.12. The smallest absolute Gasteiger partial charge is 0.217 e. The number of ether oxygens (including phenoxy) is 2. The van der Waals surface area contributed by atoms with Crippen molar-refractivity contribution in [2.24, 2.45) is 0 Å². The quantitative estimate of drug-likeness (QED) is 0.368. The van der Waals surface area contributed by atoms with E-state index < -0.39 is 33.5 Å². The van der Waals surface area contributed by atoms with E-state index in [9.17, 15) is 18.6 Å². The molecular formula is C24H22ClNO6S. The molecule has 0 radical (unpaired) electrons. The highest BCUT2D eigenvalue weighted by molar-refractivity contribution is 7.91. The van der Waals surface area contributed by atoms with Gasteiger partial charge in [0.05, 0.1) is 15.4 Å². The van der Waals surface area contributed by atoms with Gasteiger partial charge in [-0.05, 0) is 62.4 Å². The molecular weight excluding hydrogens is 466 g/mol. The maximum atomic E-state index is 13.1. The molecule has 33 heavy (non-hydrogen) atoms. The van der Waals surface area contributed by atoms with Crippen molar-refractivity contribution in [3.05, 3.63) is 82.9 Å². The summed E-state index contributed by atoms with van der Waals surface area (Å²) in [5, 5.41) is 29.8. The first-order chi connectivity index (χ1) is 15.5. The lowest BCUT2D eigenvalue weighted by atomic mass is 9.88. The Labute approximate surface area is 196 Å². The molecule has 3 aromatic rings. The van der Waals surface area contributed by atoms with Crippen LogP contribution in [0.4, 0.5) is 0 Å². The third kappa shape index (κ3) is 4.29. The molecule has 0 unspecified atom stereocenters. The highest BCUT2D eigenvalue weighted by Gasteiger charge is 2.45. The predicted octanol–water partition coefficient (Wildman–Crippen LogP) is 4.49. The third-order valence-electron chi connectivity index (χ3n) is 5.47. The second kappa shape index (κ2) is 8.37. The van der Waals surface area contributed by atoms with Crippen LogP contribution in [0.2, 0.25) is 5.02 Å². The lowest BCUT2D eigenvalue weighted by Gasteiger charge is -2.41. The van der Waals surface area contributed by atoms with Crippen molar-refractivity contribution in [2.45, 2.75) is 41.4 Å². The van der Waals surface area contributed by atoms with Gasteiger partial charge in [0.1, 0.15) is 23.2 Å². The van der Waals surface area contributed by atoms with E-state index >= 15 is 0 Å². The van der Waals surface area contributed by atoms with Crippen molar-refractivity contribution in [3.63, 3.8) is 0 Å². The lowest BCUT2D eigenvalue weighted by Crippen LogP contribution is -2.49. The Morgan fingerprint density at radius 2 is 1.76 bits per heavy atom. The summed E-state index contributed by atoms with van der Waals surface area (Å²) in [6.45, 7) is 3.32. The molecule has 0 aliphatic carbocycles. The first-order valence-electron chi connectivity index (χ1n) is 10.1. The summed E-state index contributed by atoms with van der Waals surface area (Å²) in [6, 6.07) is 16.5. The first-order valence-corrected chi connectivity index (χ1v) is 11.9. The van der Waals surface area contributed by atoms with Crippen molar-refractivity contribution >= 4 is 27.3 Å². The van der Waals surface area contributed by atoms with Gasteiger partial charge in [0.25, 0.3) is 0 Å². The van der Waals surface area contributed by atoms with E-state index in [0.717, 1.165) is 0 Å². The van der Waals surface area contributed by atoms with Crippen LogP contribution in [-0.4, -0.2) is 36.2 Å². The molecule has 0 spiro atoms. The van der Waals surface area contributed by atoms with Crippen LogP contribution < -0.4 is 4.74 Å². The van der Waals surface area contributed by atoms with Gasteiger partial charge in [-0.15, -0.1) is 0 Å². The van der Waals surface area contributed by atoms with E-state index in [-0.39, 0.29) is 31.7 Å². The largest absolute Gasteiger partial charge is 0.507 e. The summed E-state index contributed by atoms with van der Waals surface area (Å²) in [4.78, 5) is 0.122. The average molecular weight is 488 g/mol. The Morgan fingerprint density at radius 1 is 1.06 bits per heavy atom. The van der Waals surface area contributed by atoms with Gasteiger partial charge < -0.3 is 19.7 Å². The minimum absolute atomic E-state index is 0.00238. The molecule has 0 saturated heterocycles. The molecule has 3 N–H and O–H groups in total. The fraction of sp³-hybridized carbons (Fsp3) is 0.208. The Kier molecular flexibility index (Phi) is 5.86. The van der Waals surface area contributed by atoms with Crippen molar-refractivity contribution in [2.75, 3.05) is 0 Å². The minimum atomic E-state index is -3.84. The molecule has 0 bridgehead atoms. The van der Waals surface area contributed by atoms with Gasteiger partial charge in [-0.1, -0.05) is 29.8 Å². The molecule has 0 amide bonds. The van der Waals surface area contributed by atoms with Crippen LogP contribution in [0.15, 0.2) is 76.5 Å². The number of phenols is 1. The van der Waals surface area contributed by atoms with Crippen LogP contribution in [0.1, 0.15) is 31.1 Å². The van der Waals surface area contributed by atoms with Crippen molar-refractivity contribution < 1.29 is 28.1 Å². The number of aliphatic hydroxyl groups excluding tert-OH is 1. The zero-order chi connectivity index (χ0) is 24.0. The molecule has 3 aromatic carbocycles. The van der Waals surface area contributed by atoms with Crippen molar-refractivity contribution in [3.8, 4) is 11.5 Å². The van der Waals surface area contributed by atoms with Gasteiger partial charge in [-0.3, -0.25) is 5.41 Å². The van der Waals surface area contributed by atoms with Crippen LogP contribution in [-0.2, 0) is 14.6 Å². The van der Waals surface area contributed by atoms with Crippen molar-refractivity contribution in [1.82, 2.24) is 0 Å². The van der Waals surface area contributed by atoms with Crippen LogP contribution >= 0.6 is 11.6 Å². The topological polar surface area (TPSA) is 117 Å². The van der Waals surface area contributed by atoms with Gasteiger partial charge in [0.2, 0.25) is 15.7 Å². The number of aromatic hydroxyl groups is 1. The Bertz CT molecular complexity index is 1320. The molecule has 9 heteroatoms. The van der Waals surface area contributed by atoms with Gasteiger partial charge in [-0.2, -0.15) is 0 Å². The second-order valence-corrected chi connectivity index (χ2v) is 10.6. The van der Waals surface area contributed by atoms with E-state index in [1.54, 1.807) is 32.0 Å². The summed E-state index contributed by atoms with van der Waals surface area (Å²) in [5.41, 5.74) is -0.734. The molecule has 0 aromatic heterocycles. The lowest BCUT2D eigenvalue weighted by molar-refractivity contribution is -0.107. The highest BCUT2D eigenvalue weighted by atomic mass is 35.5. The fourth-order valence-electron chi connectivity index (χ4n) is 3.64. The van der Waals surface area contributed by atoms with Crippen molar-refractivity contribution in [1.29, 1.82) is 5.41 Å². The minimum Gasteiger partial charge on any atom is -0.507 e. The number of benzene rings is 3. The van der Waals surface area contributed by atoms with Crippen LogP contribution in [0.5, 0.6) is 11.5 Å².